The van der Waals surface area contributed by atoms with Crippen molar-refractivity contribution in [2.24, 2.45) is 7.05 Å². The lowest BCUT2D eigenvalue weighted by Crippen LogP contribution is -2.33. The van der Waals surface area contributed by atoms with Gasteiger partial charge in [-0.2, -0.15) is 0 Å². The number of rotatable bonds is 6. The van der Waals surface area contributed by atoms with Gasteiger partial charge < -0.3 is 14.5 Å². The number of nitrogens with one attached hydrogen (secondary N) is 1. The molecule has 2 aromatic heterocycles. The summed E-state index contributed by atoms with van der Waals surface area (Å²) in [5.74, 6) is 1.29. The van der Waals surface area contributed by atoms with Crippen molar-refractivity contribution in [3.8, 4) is 11.4 Å². The number of amides is 1. The number of hydrogen-bond acceptors (Lipinski definition) is 4. The van der Waals surface area contributed by atoms with Gasteiger partial charge in [0, 0.05) is 42.3 Å². The van der Waals surface area contributed by atoms with E-state index in [-0.39, 0.29) is 5.91 Å². The van der Waals surface area contributed by atoms with Crippen LogP contribution in [0.5, 0.6) is 0 Å². The van der Waals surface area contributed by atoms with Gasteiger partial charge in [-0.05, 0) is 25.8 Å². The molecule has 1 saturated carbocycles. The van der Waals surface area contributed by atoms with Crippen LogP contribution in [-0.2, 0) is 18.4 Å². The van der Waals surface area contributed by atoms with Crippen LogP contribution in [0.1, 0.15) is 32.6 Å². The number of carbonyl (C=O) groups is 1. The van der Waals surface area contributed by atoms with Crippen LogP contribution in [0.15, 0.2) is 35.6 Å². The fourth-order valence-corrected chi connectivity index (χ4v) is 4.55. The molecule has 1 fully saturated rings. The lowest BCUT2D eigenvalue weighted by Gasteiger charge is -2.11. The van der Waals surface area contributed by atoms with E-state index in [1.54, 1.807) is 0 Å². The smallest absolute Gasteiger partial charge is 0.230 e. The molecule has 0 radical (unpaired) electrons. The molecule has 7 heteroatoms. The normalized spacial score (nSPS) is 14.9. The highest BCUT2D eigenvalue weighted by molar-refractivity contribution is 7.99. The molecule has 0 saturated heterocycles. The lowest BCUT2D eigenvalue weighted by molar-refractivity contribution is -0.119. The predicted octanol–water partition coefficient (Wildman–Crippen LogP) is 3.61. The van der Waals surface area contributed by atoms with Crippen LogP contribution < -0.4 is 5.32 Å². The summed E-state index contributed by atoms with van der Waals surface area (Å²) in [4.78, 5) is 12.2. The van der Waals surface area contributed by atoms with Crippen molar-refractivity contribution in [1.29, 1.82) is 0 Å². The standard InChI is InChI=1S/C20H25N5OS/c1-3-25-12-16(15-10-6-7-11-17(15)25)19-22-23-20(24(19)2)27-13-18(26)21-14-8-4-5-9-14/h6-7,10-12,14H,3-5,8-9,13H2,1-2H3,(H,21,26). The molecule has 142 valence electrons. The van der Waals surface area contributed by atoms with Crippen LogP contribution >= 0.6 is 11.8 Å². The number of hydrogen-bond donors (Lipinski definition) is 1. The topological polar surface area (TPSA) is 64.7 Å². The number of aryl methyl sites for hydroxylation is 1. The third-order valence-electron chi connectivity index (χ3n) is 5.26. The molecule has 0 spiro atoms. The molecule has 1 N–H and O–H groups in total. The van der Waals surface area contributed by atoms with Gasteiger partial charge in [0.2, 0.25) is 5.91 Å². The van der Waals surface area contributed by atoms with Crippen LogP contribution in [0, 0.1) is 0 Å². The summed E-state index contributed by atoms with van der Waals surface area (Å²) >= 11 is 1.44. The maximum atomic E-state index is 12.2. The van der Waals surface area contributed by atoms with Crippen molar-refractivity contribution < 1.29 is 4.79 Å². The molecule has 3 aromatic rings. The fourth-order valence-electron chi connectivity index (χ4n) is 3.83. The van der Waals surface area contributed by atoms with Gasteiger partial charge in [0.25, 0.3) is 0 Å². The molecular formula is C20H25N5OS. The summed E-state index contributed by atoms with van der Waals surface area (Å²) in [6, 6.07) is 8.70. The summed E-state index contributed by atoms with van der Waals surface area (Å²) in [5.41, 5.74) is 2.27. The fraction of sp³-hybridized carbons (Fsp3) is 0.450. The largest absolute Gasteiger partial charge is 0.353 e. The molecule has 2 heterocycles. The third kappa shape index (κ3) is 3.60. The lowest BCUT2D eigenvalue weighted by atomic mass is 10.1. The Morgan fingerprint density at radius 3 is 2.81 bits per heavy atom. The van der Waals surface area contributed by atoms with Crippen LogP contribution in [0.3, 0.4) is 0 Å². The highest BCUT2D eigenvalue weighted by Crippen LogP contribution is 2.31. The predicted molar refractivity (Wildman–Crippen MR) is 109 cm³/mol. The molecule has 0 unspecified atom stereocenters. The molecule has 27 heavy (non-hydrogen) atoms. The number of thioether (sulfide) groups is 1. The second kappa shape index (κ2) is 7.76. The molecule has 6 nitrogen and oxygen atoms in total. The number of benzene rings is 1. The minimum Gasteiger partial charge on any atom is -0.353 e. The second-order valence-corrected chi connectivity index (χ2v) is 7.99. The van der Waals surface area contributed by atoms with Crippen molar-refractivity contribution in [2.45, 2.75) is 50.4 Å². The first kappa shape index (κ1) is 18.1. The monoisotopic (exact) mass is 383 g/mol. The van der Waals surface area contributed by atoms with E-state index in [9.17, 15) is 4.79 Å². The minimum atomic E-state index is 0.0824. The second-order valence-electron chi connectivity index (χ2n) is 7.05. The highest BCUT2D eigenvalue weighted by Gasteiger charge is 2.19. The van der Waals surface area contributed by atoms with Crippen molar-refractivity contribution in [2.75, 3.05) is 5.75 Å². The molecule has 4 rings (SSSR count). The van der Waals surface area contributed by atoms with Gasteiger partial charge in [0.05, 0.1) is 5.75 Å². The Morgan fingerprint density at radius 1 is 1.26 bits per heavy atom. The molecule has 1 amide bonds. The summed E-state index contributed by atoms with van der Waals surface area (Å²) in [6.45, 7) is 3.04. The van der Waals surface area contributed by atoms with Gasteiger partial charge in [-0.25, -0.2) is 0 Å². The van der Waals surface area contributed by atoms with Gasteiger partial charge >= 0.3 is 0 Å². The van der Waals surface area contributed by atoms with Gasteiger partial charge in [-0.3, -0.25) is 4.79 Å². The van der Waals surface area contributed by atoms with Crippen molar-refractivity contribution >= 4 is 28.6 Å². The first-order chi connectivity index (χ1) is 13.2. The SMILES string of the molecule is CCn1cc(-c2nnc(SCC(=O)NC3CCCC3)n2C)c2ccccc21. The van der Waals surface area contributed by atoms with Crippen molar-refractivity contribution in [1.82, 2.24) is 24.6 Å². The van der Waals surface area contributed by atoms with E-state index in [1.807, 2.05) is 17.7 Å². The Balaban J connectivity index is 1.52. The summed E-state index contributed by atoms with van der Waals surface area (Å²) in [7, 11) is 1.96. The average molecular weight is 384 g/mol. The summed E-state index contributed by atoms with van der Waals surface area (Å²) < 4.78 is 4.20. The molecule has 0 atom stereocenters. The van der Waals surface area contributed by atoms with Gasteiger partial charge in [0.15, 0.2) is 11.0 Å². The zero-order valence-electron chi connectivity index (χ0n) is 15.8. The number of aromatic nitrogens is 4. The zero-order chi connectivity index (χ0) is 18.8. The van der Waals surface area contributed by atoms with Gasteiger partial charge in [0.1, 0.15) is 0 Å². The summed E-state index contributed by atoms with van der Waals surface area (Å²) in [5, 5.41) is 13.8. The van der Waals surface area contributed by atoms with E-state index in [0.29, 0.717) is 11.8 Å². The molecule has 1 aliphatic rings. The van der Waals surface area contributed by atoms with Crippen LogP contribution in [0.2, 0.25) is 0 Å². The Morgan fingerprint density at radius 2 is 2.04 bits per heavy atom. The molecule has 1 aliphatic carbocycles. The van der Waals surface area contributed by atoms with E-state index in [1.165, 1.54) is 35.5 Å². The van der Waals surface area contributed by atoms with Gasteiger partial charge in [-0.15, -0.1) is 10.2 Å². The Labute approximate surface area is 163 Å². The van der Waals surface area contributed by atoms with E-state index in [0.717, 1.165) is 35.9 Å². The van der Waals surface area contributed by atoms with Crippen LogP contribution in [0.4, 0.5) is 0 Å². The molecule has 1 aromatic carbocycles. The summed E-state index contributed by atoms with van der Waals surface area (Å²) in [6.07, 6.45) is 6.78. The Kier molecular flexibility index (Phi) is 5.20. The van der Waals surface area contributed by atoms with E-state index < -0.39 is 0 Å². The maximum absolute atomic E-state index is 12.2. The first-order valence-corrected chi connectivity index (χ1v) is 10.6. The number of carbonyl (C=O) groups excluding carboxylic acids is 1. The van der Waals surface area contributed by atoms with E-state index in [4.69, 9.17) is 0 Å². The van der Waals surface area contributed by atoms with Crippen LogP contribution in [0.25, 0.3) is 22.3 Å². The van der Waals surface area contributed by atoms with Crippen LogP contribution in [-0.4, -0.2) is 37.0 Å². The van der Waals surface area contributed by atoms with Crippen molar-refractivity contribution in [3.63, 3.8) is 0 Å². The highest BCUT2D eigenvalue weighted by atomic mass is 32.2. The first-order valence-electron chi connectivity index (χ1n) is 9.57. The van der Waals surface area contributed by atoms with E-state index in [2.05, 4.69) is 51.4 Å². The van der Waals surface area contributed by atoms with Crippen molar-refractivity contribution in [3.05, 3.63) is 30.5 Å². The Hall–Kier alpha value is -2.28. The molecule has 0 bridgehead atoms. The minimum absolute atomic E-state index is 0.0824. The Bertz CT molecular complexity index is 955. The van der Waals surface area contributed by atoms with E-state index >= 15 is 0 Å². The molecule has 0 aliphatic heterocycles. The number of nitrogens with zero attached hydrogens (tertiary/aromatic N) is 4. The molecular weight excluding hydrogens is 358 g/mol. The maximum Gasteiger partial charge on any atom is 0.230 e. The number of para-hydroxylation sites is 1. The third-order valence-corrected chi connectivity index (χ3v) is 6.28. The van der Waals surface area contributed by atoms with Gasteiger partial charge in [-0.1, -0.05) is 42.8 Å². The quantitative estimate of drug-likeness (QED) is 0.661. The number of fused-ring (bicyclic) bond motifs is 1. The average Bonchev–Trinajstić information content (AvgIpc) is 3.39. The zero-order valence-corrected chi connectivity index (χ0v) is 16.6.